The van der Waals surface area contributed by atoms with Gasteiger partial charge in [0.15, 0.2) is 0 Å². The molecule has 0 aliphatic heterocycles. The molecule has 1 aromatic heterocycles. The van der Waals surface area contributed by atoms with Crippen LogP contribution in [0.5, 0.6) is 5.75 Å². The summed E-state index contributed by atoms with van der Waals surface area (Å²) in [6.07, 6.45) is 4.54. The molecule has 2 aromatic rings. The summed E-state index contributed by atoms with van der Waals surface area (Å²) in [7, 11) is 1.69. The predicted molar refractivity (Wildman–Crippen MR) is 76.7 cm³/mol. The number of nitrogens with zero attached hydrogens (tertiary/aromatic N) is 1. The molecule has 4 heteroatoms. The number of nitrogens with one attached hydrogen (secondary N) is 1. The van der Waals surface area contributed by atoms with Crippen molar-refractivity contribution in [1.82, 2.24) is 4.98 Å². The van der Waals surface area contributed by atoms with E-state index in [2.05, 4.69) is 22.4 Å². The molecular weight excluding hydrogens is 248 g/mol. The average molecular weight is 265 g/mol. The van der Waals surface area contributed by atoms with Gasteiger partial charge in [-0.1, -0.05) is 12.1 Å². The Bertz CT molecular complexity index is 462. The summed E-state index contributed by atoms with van der Waals surface area (Å²) < 4.78 is 5.19. The van der Waals surface area contributed by atoms with E-state index in [0.29, 0.717) is 0 Å². The molecule has 0 unspecified atom stereocenters. The fourth-order valence-corrected chi connectivity index (χ4v) is 1.65. The lowest BCUT2D eigenvalue weighted by Gasteiger charge is -2.07. The maximum Gasteiger partial charge on any atom is 0.119 e. The zero-order valence-corrected chi connectivity index (χ0v) is 11.1. The van der Waals surface area contributed by atoms with Crippen LogP contribution < -0.4 is 10.1 Å². The number of methoxy groups -OCH3 is 1. The van der Waals surface area contributed by atoms with Crippen LogP contribution in [0.15, 0.2) is 48.8 Å². The molecule has 0 spiro atoms. The van der Waals surface area contributed by atoms with E-state index in [1.54, 1.807) is 19.5 Å². The minimum atomic E-state index is 0. The first-order valence-corrected chi connectivity index (χ1v) is 5.65. The Morgan fingerprint density at radius 3 is 2.67 bits per heavy atom. The van der Waals surface area contributed by atoms with Gasteiger partial charge in [-0.2, -0.15) is 0 Å². The second-order valence-electron chi connectivity index (χ2n) is 3.76. The number of rotatable bonds is 5. The average Bonchev–Trinajstić information content (AvgIpc) is 2.40. The maximum absolute atomic E-state index is 5.19. The van der Waals surface area contributed by atoms with Gasteiger partial charge >= 0.3 is 0 Å². The Kier molecular flexibility index (Phi) is 6.01. The fourth-order valence-electron chi connectivity index (χ4n) is 1.65. The normalized spacial score (nSPS) is 9.39. The van der Waals surface area contributed by atoms with Crippen LogP contribution >= 0.6 is 12.4 Å². The van der Waals surface area contributed by atoms with E-state index in [1.807, 2.05) is 24.3 Å². The molecule has 0 amide bonds. The van der Waals surface area contributed by atoms with Crippen molar-refractivity contribution in [2.45, 2.75) is 6.42 Å². The van der Waals surface area contributed by atoms with Gasteiger partial charge in [0.25, 0.3) is 0 Å². The molecule has 1 aromatic carbocycles. The monoisotopic (exact) mass is 264 g/mol. The van der Waals surface area contributed by atoms with Crippen LogP contribution in [-0.4, -0.2) is 18.6 Å². The highest BCUT2D eigenvalue weighted by Crippen LogP contribution is 2.13. The van der Waals surface area contributed by atoms with Crippen LogP contribution in [0, 0.1) is 0 Å². The van der Waals surface area contributed by atoms with Crippen LogP contribution in [0.4, 0.5) is 5.69 Å². The SMILES string of the molecule is COc1cccc(CCNc2ccncc2)c1.Cl. The second kappa shape index (κ2) is 7.56. The number of hydrogen-bond donors (Lipinski definition) is 1. The van der Waals surface area contributed by atoms with Crippen molar-refractivity contribution >= 4 is 18.1 Å². The zero-order valence-electron chi connectivity index (χ0n) is 10.3. The van der Waals surface area contributed by atoms with Crippen LogP contribution in [0.1, 0.15) is 5.56 Å². The van der Waals surface area contributed by atoms with Gasteiger partial charge in [0, 0.05) is 24.6 Å². The minimum Gasteiger partial charge on any atom is -0.497 e. The van der Waals surface area contributed by atoms with Crippen LogP contribution in [-0.2, 0) is 6.42 Å². The highest BCUT2D eigenvalue weighted by atomic mass is 35.5. The van der Waals surface area contributed by atoms with Gasteiger partial charge in [0.05, 0.1) is 7.11 Å². The molecule has 0 atom stereocenters. The minimum absolute atomic E-state index is 0. The molecule has 0 aliphatic rings. The maximum atomic E-state index is 5.19. The van der Waals surface area contributed by atoms with Gasteiger partial charge in [-0.15, -0.1) is 12.4 Å². The number of benzene rings is 1. The molecule has 1 heterocycles. The third kappa shape index (κ3) is 4.26. The van der Waals surface area contributed by atoms with Crippen molar-refractivity contribution in [2.75, 3.05) is 19.0 Å². The smallest absolute Gasteiger partial charge is 0.119 e. The Morgan fingerprint density at radius 1 is 1.17 bits per heavy atom. The van der Waals surface area contributed by atoms with E-state index in [1.165, 1.54) is 5.56 Å². The van der Waals surface area contributed by atoms with Crippen molar-refractivity contribution in [3.63, 3.8) is 0 Å². The molecule has 96 valence electrons. The third-order valence-corrected chi connectivity index (χ3v) is 2.56. The molecule has 0 aliphatic carbocycles. The summed E-state index contributed by atoms with van der Waals surface area (Å²) in [6, 6.07) is 12.1. The first-order valence-electron chi connectivity index (χ1n) is 5.65. The summed E-state index contributed by atoms with van der Waals surface area (Å²) in [6.45, 7) is 0.900. The molecule has 3 nitrogen and oxygen atoms in total. The lowest BCUT2D eigenvalue weighted by Crippen LogP contribution is -2.04. The number of hydrogen-bond acceptors (Lipinski definition) is 3. The number of pyridine rings is 1. The summed E-state index contributed by atoms with van der Waals surface area (Å²) in [4.78, 5) is 3.98. The molecular formula is C14H17ClN2O. The quantitative estimate of drug-likeness (QED) is 0.901. The highest BCUT2D eigenvalue weighted by Gasteiger charge is 1.96. The van der Waals surface area contributed by atoms with Crippen LogP contribution in [0.3, 0.4) is 0 Å². The summed E-state index contributed by atoms with van der Waals surface area (Å²) in [5.41, 5.74) is 2.37. The molecule has 2 rings (SSSR count). The van der Waals surface area contributed by atoms with Crippen molar-refractivity contribution in [3.05, 3.63) is 54.4 Å². The number of ether oxygens (including phenoxy) is 1. The van der Waals surface area contributed by atoms with Crippen molar-refractivity contribution in [1.29, 1.82) is 0 Å². The molecule has 0 saturated heterocycles. The first-order chi connectivity index (χ1) is 8.38. The third-order valence-electron chi connectivity index (χ3n) is 2.56. The molecule has 0 fully saturated rings. The fraction of sp³-hybridized carbons (Fsp3) is 0.214. The van der Waals surface area contributed by atoms with E-state index in [0.717, 1.165) is 24.4 Å². The predicted octanol–water partition coefficient (Wildman–Crippen LogP) is 3.17. The standard InChI is InChI=1S/C14H16N2O.ClH/c1-17-14-4-2-3-12(11-14)5-10-16-13-6-8-15-9-7-13;/h2-4,6-9,11H,5,10H2,1H3,(H,15,16);1H. The first kappa shape index (κ1) is 14.3. The molecule has 0 radical (unpaired) electrons. The topological polar surface area (TPSA) is 34.1 Å². The van der Waals surface area contributed by atoms with Crippen molar-refractivity contribution < 1.29 is 4.74 Å². The van der Waals surface area contributed by atoms with Gasteiger partial charge < -0.3 is 10.1 Å². The Morgan fingerprint density at radius 2 is 1.94 bits per heavy atom. The second-order valence-corrected chi connectivity index (χ2v) is 3.76. The van der Waals surface area contributed by atoms with Crippen molar-refractivity contribution in [2.24, 2.45) is 0 Å². The highest BCUT2D eigenvalue weighted by molar-refractivity contribution is 5.85. The van der Waals surface area contributed by atoms with E-state index >= 15 is 0 Å². The van der Waals surface area contributed by atoms with Gasteiger partial charge in [0.1, 0.15) is 5.75 Å². The summed E-state index contributed by atoms with van der Waals surface area (Å²) in [5.74, 6) is 0.909. The molecule has 0 saturated carbocycles. The van der Waals surface area contributed by atoms with Gasteiger partial charge in [0.2, 0.25) is 0 Å². The van der Waals surface area contributed by atoms with Crippen LogP contribution in [0.2, 0.25) is 0 Å². The Hall–Kier alpha value is -1.74. The van der Waals surface area contributed by atoms with E-state index < -0.39 is 0 Å². The molecule has 0 bridgehead atoms. The van der Waals surface area contributed by atoms with Crippen molar-refractivity contribution in [3.8, 4) is 5.75 Å². The van der Waals surface area contributed by atoms with E-state index in [4.69, 9.17) is 4.74 Å². The Labute approximate surface area is 114 Å². The van der Waals surface area contributed by atoms with Crippen LogP contribution in [0.25, 0.3) is 0 Å². The van der Waals surface area contributed by atoms with E-state index in [-0.39, 0.29) is 12.4 Å². The Balaban J connectivity index is 0.00000162. The number of aromatic nitrogens is 1. The molecule has 1 N–H and O–H groups in total. The lowest BCUT2D eigenvalue weighted by atomic mass is 10.1. The largest absolute Gasteiger partial charge is 0.497 e. The zero-order chi connectivity index (χ0) is 11.9. The van der Waals surface area contributed by atoms with Gasteiger partial charge in [-0.05, 0) is 36.2 Å². The number of halogens is 1. The molecule has 18 heavy (non-hydrogen) atoms. The lowest BCUT2D eigenvalue weighted by molar-refractivity contribution is 0.414. The summed E-state index contributed by atoms with van der Waals surface area (Å²) in [5, 5.41) is 3.35. The van der Waals surface area contributed by atoms with E-state index in [9.17, 15) is 0 Å². The van der Waals surface area contributed by atoms with Gasteiger partial charge in [-0.25, -0.2) is 0 Å². The number of anilines is 1. The summed E-state index contributed by atoms with van der Waals surface area (Å²) >= 11 is 0. The van der Waals surface area contributed by atoms with Gasteiger partial charge in [-0.3, -0.25) is 4.98 Å².